The molecule has 0 aliphatic carbocycles. The van der Waals surface area contributed by atoms with Crippen molar-refractivity contribution < 1.29 is 4.79 Å². The smallest absolute Gasteiger partial charge is 0.221 e. The van der Waals surface area contributed by atoms with Gasteiger partial charge in [0.05, 0.1) is 0 Å². The third-order valence-electron chi connectivity index (χ3n) is 4.48. The fourth-order valence-electron chi connectivity index (χ4n) is 2.99. The minimum atomic E-state index is 0.150. The number of carbonyl (C=O) groups excluding carboxylic acids is 1. The maximum atomic E-state index is 12.1. The van der Waals surface area contributed by atoms with E-state index in [1.54, 1.807) is 0 Å². The molecule has 122 valence electrons. The van der Waals surface area contributed by atoms with Gasteiger partial charge >= 0.3 is 0 Å². The second-order valence-corrected chi connectivity index (χ2v) is 6.00. The van der Waals surface area contributed by atoms with Crippen molar-refractivity contribution >= 4 is 5.91 Å². The molecule has 2 rings (SSSR count). The van der Waals surface area contributed by atoms with Crippen molar-refractivity contribution in [1.82, 2.24) is 15.5 Å². The number of carbonyl (C=O) groups is 1. The zero-order chi connectivity index (χ0) is 15.8. The van der Waals surface area contributed by atoms with Crippen LogP contribution in [0.5, 0.6) is 0 Å². The van der Waals surface area contributed by atoms with Crippen molar-refractivity contribution in [2.45, 2.75) is 52.2 Å². The molecule has 1 fully saturated rings. The number of nitrogens with zero attached hydrogens (tertiary/aromatic N) is 1. The Bertz CT molecular complexity index is 465. The standard InChI is InChI=1S/C18H29N3O/c1-3-21(4-2)14-16-9-6-5-8-15(16)13-20-18(22)12-17-10-7-11-19-17/h5-6,8-9,17,19H,3-4,7,10-14H2,1-2H3,(H,20,22). The van der Waals surface area contributed by atoms with Gasteiger partial charge in [-0.1, -0.05) is 38.1 Å². The molecule has 1 amide bonds. The predicted octanol–water partition coefficient (Wildman–Crippen LogP) is 2.29. The number of benzene rings is 1. The molecule has 1 saturated heterocycles. The largest absolute Gasteiger partial charge is 0.352 e. The summed E-state index contributed by atoms with van der Waals surface area (Å²) in [6.45, 7) is 9.08. The van der Waals surface area contributed by atoms with Crippen molar-refractivity contribution in [2.75, 3.05) is 19.6 Å². The summed E-state index contributed by atoms with van der Waals surface area (Å²) in [6.07, 6.45) is 2.90. The Morgan fingerprint density at radius 2 is 2.00 bits per heavy atom. The highest BCUT2D eigenvalue weighted by molar-refractivity contribution is 5.76. The molecule has 0 radical (unpaired) electrons. The summed E-state index contributed by atoms with van der Waals surface area (Å²) in [5.74, 6) is 0.150. The van der Waals surface area contributed by atoms with Crippen molar-refractivity contribution in [1.29, 1.82) is 0 Å². The van der Waals surface area contributed by atoms with Crippen molar-refractivity contribution in [3.63, 3.8) is 0 Å². The summed E-state index contributed by atoms with van der Waals surface area (Å²) in [7, 11) is 0. The predicted molar refractivity (Wildman–Crippen MR) is 90.6 cm³/mol. The molecular formula is C18H29N3O. The Labute approximate surface area is 134 Å². The molecule has 1 heterocycles. The summed E-state index contributed by atoms with van der Waals surface area (Å²) < 4.78 is 0. The lowest BCUT2D eigenvalue weighted by molar-refractivity contribution is -0.121. The molecule has 0 saturated carbocycles. The van der Waals surface area contributed by atoms with Gasteiger partial charge in [-0.2, -0.15) is 0 Å². The maximum Gasteiger partial charge on any atom is 0.221 e. The van der Waals surface area contributed by atoms with Crippen LogP contribution < -0.4 is 10.6 Å². The normalized spacial score (nSPS) is 17.9. The van der Waals surface area contributed by atoms with Gasteiger partial charge in [-0.25, -0.2) is 0 Å². The highest BCUT2D eigenvalue weighted by atomic mass is 16.1. The van der Waals surface area contributed by atoms with Crippen molar-refractivity contribution in [3.05, 3.63) is 35.4 Å². The van der Waals surface area contributed by atoms with Crippen LogP contribution in [0.3, 0.4) is 0 Å². The number of hydrogen-bond donors (Lipinski definition) is 2. The minimum absolute atomic E-state index is 0.150. The Kier molecular flexibility index (Phi) is 6.87. The molecule has 1 atom stereocenters. The molecule has 1 unspecified atom stereocenters. The van der Waals surface area contributed by atoms with Gasteiger partial charge in [0.1, 0.15) is 0 Å². The van der Waals surface area contributed by atoms with E-state index >= 15 is 0 Å². The van der Waals surface area contributed by atoms with Crippen LogP contribution in [0.1, 0.15) is 44.2 Å². The fourth-order valence-corrected chi connectivity index (χ4v) is 2.99. The SMILES string of the molecule is CCN(CC)Cc1ccccc1CNC(=O)CC1CCCN1. The molecule has 4 heteroatoms. The number of hydrogen-bond acceptors (Lipinski definition) is 3. The van der Waals surface area contributed by atoms with E-state index in [1.165, 1.54) is 17.5 Å². The molecule has 2 N–H and O–H groups in total. The molecule has 1 aliphatic heterocycles. The highest BCUT2D eigenvalue weighted by Crippen LogP contribution is 2.12. The molecule has 0 aromatic heterocycles. The summed E-state index contributed by atoms with van der Waals surface area (Å²) in [5.41, 5.74) is 2.53. The molecule has 1 aromatic rings. The van der Waals surface area contributed by atoms with Gasteiger partial charge in [-0.15, -0.1) is 0 Å². The first-order valence-corrected chi connectivity index (χ1v) is 8.52. The Morgan fingerprint density at radius 1 is 1.27 bits per heavy atom. The first-order valence-electron chi connectivity index (χ1n) is 8.52. The molecule has 1 aliphatic rings. The van der Waals surface area contributed by atoms with Crippen LogP contribution in [0.4, 0.5) is 0 Å². The van der Waals surface area contributed by atoms with Gasteiger partial charge in [0.2, 0.25) is 5.91 Å². The molecule has 1 aromatic carbocycles. The van der Waals surface area contributed by atoms with Crippen LogP contribution in [0.15, 0.2) is 24.3 Å². The van der Waals surface area contributed by atoms with Gasteiger partial charge < -0.3 is 10.6 Å². The molecule has 0 bridgehead atoms. The second-order valence-electron chi connectivity index (χ2n) is 6.00. The second kappa shape index (κ2) is 8.91. The first-order chi connectivity index (χ1) is 10.7. The van der Waals surface area contributed by atoms with E-state index in [1.807, 2.05) is 6.07 Å². The third kappa shape index (κ3) is 5.11. The number of rotatable bonds is 8. The lowest BCUT2D eigenvalue weighted by atomic mass is 10.1. The molecule has 4 nitrogen and oxygen atoms in total. The van der Waals surface area contributed by atoms with Gasteiger partial charge in [0.15, 0.2) is 0 Å². The fraction of sp³-hybridized carbons (Fsp3) is 0.611. The first kappa shape index (κ1) is 17.0. The van der Waals surface area contributed by atoms with Gasteiger partial charge in [0, 0.05) is 25.6 Å². The zero-order valence-corrected chi connectivity index (χ0v) is 13.9. The third-order valence-corrected chi connectivity index (χ3v) is 4.48. The Morgan fingerprint density at radius 3 is 2.64 bits per heavy atom. The lowest BCUT2D eigenvalue weighted by Gasteiger charge is -2.20. The van der Waals surface area contributed by atoms with E-state index in [-0.39, 0.29) is 5.91 Å². The topological polar surface area (TPSA) is 44.4 Å². The Balaban J connectivity index is 1.87. The number of amides is 1. The molecule has 22 heavy (non-hydrogen) atoms. The van der Waals surface area contributed by atoms with Crippen molar-refractivity contribution in [3.8, 4) is 0 Å². The maximum absolute atomic E-state index is 12.1. The molecular weight excluding hydrogens is 274 g/mol. The van der Waals surface area contributed by atoms with E-state index in [4.69, 9.17) is 0 Å². The summed E-state index contributed by atoms with van der Waals surface area (Å²) >= 11 is 0. The van der Waals surface area contributed by atoms with Crippen LogP contribution in [0.2, 0.25) is 0 Å². The monoisotopic (exact) mass is 303 g/mol. The minimum Gasteiger partial charge on any atom is -0.352 e. The quantitative estimate of drug-likeness (QED) is 0.774. The summed E-state index contributed by atoms with van der Waals surface area (Å²) in [4.78, 5) is 14.4. The zero-order valence-electron chi connectivity index (χ0n) is 13.9. The average Bonchev–Trinajstić information content (AvgIpc) is 3.04. The summed E-state index contributed by atoms with van der Waals surface area (Å²) in [5, 5.41) is 6.45. The van der Waals surface area contributed by atoms with E-state index in [9.17, 15) is 4.79 Å². The van der Waals surface area contributed by atoms with E-state index in [2.05, 4.69) is 47.6 Å². The molecule has 0 spiro atoms. The number of nitrogens with one attached hydrogen (secondary N) is 2. The lowest BCUT2D eigenvalue weighted by Crippen LogP contribution is -2.32. The van der Waals surface area contributed by atoms with E-state index in [0.29, 0.717) is 19.0 Å². The van der Waals surface area contributed by atoms with E-state index < -0.39 is 0 Å². The average molecular weight is 303 g/mol. The Hall–Kier alpha value is -1.39. The van der Waals surface area contributed by atoms with Crippen LogP contribution in [0, 0.1) is 0 Å². The van der Waals surface area contributed by atoms with Crippen LogP contribution in [-0.2, 0) is 17.9 Å². The van der Waals surface area contributed by atoms with Crippen molar-refractivity contribution in [2.24, 2.45) is 0 Å². The van der Waals surface area contributed by atoms with Crippen LogP contribution >= 0.6 is 0 Å². The van der Waals surface area contributed by atoms with Gasteiger partial charge in [0.25, 0.3) is 0 Å². The van der Waals surface area contributed by atoms with Gasteiger partial charge in [-0.3, -0.25) is 9.69 Å². The van der Waals surface area contributed by atoms with E-state index in [0.717, 1.165) is 32.6 Å². The van der Waals surface area contributed by atoms with Crippen LogP contribution in [0.25, 0.3) is 0 Å². The van der Waals surface area contributed by atoms with Crippen LogP contribution in [-0.4, -0.2) is 36.5 Å². The van der Waals surface area contributed by atoms with Gasteiger partial charge in [-0.05, 0) is 43.6 Å². The summed E-state index contributed by atoms with van der Waals surface area (Å²) in [6, 6.07) is 8.77. The highest BCUT2D eigenvalue weighted by Gasteiger charge is 2.17.